The van der Waals surface area contributed by atoms with Gasteiger partial charge in [-0.1, -0.05) is 43.3 Å². The highest BCUT2D eigenvalue weighted by atomic mass is 32.2. The molecule has 0 radical (unpaired) electrons. The molecule has 1 N–H and O–H groups in total. The maximum Gasteiger partial charge on any atom is 0.243 e. The summed E-state index contributed by atoms with van der Waals surface area (Å²) in [6, 6.07) is 15.3. The van der Waals surface area contributed by atoms with Crippen molar-refractivity contribution in [2.45, 2.75) is 58.5 Å². The zero-order chi connectivity index (χ0) is 22.8. The number of nitrogens with one attached hydrogen (secondary N) is 1. The lowest BCUT2D eigenvalue weighted by Gasteiger charge is -2.31. The minimum absolute atomic E-state index is 0.0192. The van der Waals surface area contributed by atoms with Gasteiger partial charge in [-0.05, 0) is 56.0 Å². The smallest absolute Gasteiger partial charge is 0.243 e. The van der Waals surface area contributed by atoms with Gasteiger partial charge in [0.2, 0.25) is 11.8 Å². The van der Waals surface area contributed by atoms with Gasteiger partial charge in [0.05, 0.1) is 12.9 Å². The van der Waals surface area contributed by atoms with Gasteiger partial charge in [-0.25, -0.2) is 0 Å². The lowest BCUT2D eigenvalue weighted by atomic mass is 10.1. The summed E-state index contributed by atoms with van der Waals surface area (Å²) >= 11 is 1.58. The van der Waals surface area contributed by atoms with Crippen molar-refractivity contribution in [3.05, 3.63) is 65.2 Å². The average Bonchev–Trinajstić information content (AvgIpc) is 2.74. The molecule has 0 aromatic heterocycles. The standard InChI is InChI=1S/C25H34N2O3S/c1-6-23(25(29)26-18(2)3)27(15-20-11-9-13-22(14-20)30-5)24(28)17-31-16-21-12-8-7-10-19(21)4/h7-14,18,23H,6,15-17H2,1-5H3,(H,26,29). The minimum atomic E-state index is -0.514. The van der Waals surface area contributed by atoms with Gasteiger partial charge in [-0.15, -0.1) is 11.8 Å². The van der Waals surface area contributed by atoms with Crippen LogP contribution < -0.4 is 10.1 Å². The van der Waals surface area contributed by atoms with Gasteiger partial charge in [0.1, 0.15) is 11.8 Å². The lowest BCUT2D eigenvalue weighted by molar-refractivity contribution is -0.139. The summed E-state index contributed by atoms with van der Waals surface area (Å²) < 4.78 is 5.32. The molecule has 0 aliphatic carbocycles. The summed E-state index contributed by atoms with van der Waals surface area (Å²) in [5.74, 6) is 1.67. The summed E-state index contributed by atoms with van der Waals surface area (Å²) in [7, 11) is 1.62. The third-order valence-electron chi connectivity index (χ3n) is 5.05. The number of carbonyl (C=O) groups excluding carboxylic acids is 2. The van der Waals surface area contributed by atoms with Crippen LogP contribution in [0.15, 0.2) is 48.5 Å². The zero-order valence-corrected chi connectivity index (χ0v) is 20.0. The summed E-state index contributed by atoms with van der Waals surface area (Å²) in [5, 5.41) is 2.96. The van der Waals surface area contributed by atoms with Gasteiger partial charge in [0.15, 0.2) is 0 Å². The number of hydrogen-bond donors (Lipinski definition) is 1. The first kappa shape index (κ1) is 24.8. The third kappa shape index (κ3) is 7.62. The van der Waals surface area contributed by atoms with Crippen LogP contribution in [0.2, 0.25) is 0 Å². The van der Waals surface area contributed by atoms with E-state index in [0.717, 1.165) is 17.1 Å². The van der Waals surface area contributed by atoms with Crippen molar-refractivity contribution in [2.75, 3.05) is 12.9 Å². The maximum absolute atomic E-state index is 13.3. The van der Waals surface area contributed by atoms with Crippen molar-refractivity contribution in [3.8, 4) is 5.75 Å². The fourth-order valence-electron chi connectivity index (χ4n) is 3.37. The molecule has 2 aromatic rings. The first-order chi connectivity index (χ1) is 14.8. The van der Waals surface area contributed by atoms with E-state index in [1.807, 2.05) is 57.2 Å². The topological polar surface area (TPSA) is 58.6 Å². The normalized spacial score (nSPS) is 11.8. The van der Waals surface area contributed by atoms with E-state index in [1.165, 1.54) is 11.1 Å². The average molecular weight is 443 g/mol. The fourth-order valence-corrected chi connectivity index (χ4v) is 4.36. The summed E-state index contributed by atoms with van der Waals surface area (Å²) in [4.78, 5) is 27.8. The molecule has 2 amide bonds. The van der Waals surface area contributed by atoms with Gasteiger partial charge in [0.25, 0.3) is 0 Å². The second kappa shape index (κ2) is 12.4. The number of hydrogen-bond acceptors (Lipinski definition) is 4. The quantitative estimate of drug-likeness (QED) is 0.554. The van der Waals surface area contributed by atoms with Crippen LogP contribution in [-0.2, 0) is 21.9 Å². The first-order valence-corrected chi connectivity index (χ1v) is 11.9. The number of rotatable bonds is 11. The van der Waals surface area contributed by atoms with E-state index in [-0.39, 0.29) is 17.9 Å². The molecule has 2 aromatic carbocycles. The van der Waals surface area contributed by atoms with Crippen molar-refractivity contribution >= 4 is 23.6 Å². The molecule has 0 aliphatic heterocycles. The Labute approximate surface area is 190 Å². The van der Waals surface area contributed by atoms with Crippen LogP contribution in [0.5, 0.6) is 5.75 Å². The van der Waals surface area contributed by atoms with Crippen LogP contribution in [0.25, 0.3) is 0 Å². The van der Waals surface area contributed by atoms with Crippen molar-refractivity contribution < 1.29 is 14.3 Å². The van der Waals surface area contributed by atoms with Crippen LogP contribution in [0.1, 0.15) is 43.9 Å². The van der Waals surface area contributed by atoms with Crippen LogP contribution in [-0.4, -0.2) is 41.7 Å². The Hall–Kier alpha value is -2.47. The molecule has 0 saturated carbocycles. The highest BCUT2D eigenvalue weighted by molar-refractivity contribution is 7.99. The van der Waals surface area contributed by atoms with E-state index < -0.39 is 6.04 Å². The molecular weight excluding hydrogens is 408 g/mol. The number of thioether (sulfide) groups is 1. The van der Waals surface area contributed by atoms with E-state index in [0.29, 0.717) is 18.7 Å². The molecule has 0 heterocycles. The Morgan fingerprint density at radius 2 is 1.87 bits per heavy atom. The van der Waals surface area contributed by atoms with Crippen LogP contribution in [0.3, 0.4) is 0 Å². The Balaban J connectivity index is 2.17. The molecule has 0 aliphatic rings. The van der Waals surface area contributed by atoms with Gasteiger partial charge in [-0.3, -0.25) is 9.59 Å². The first-order valence-electron chi connectivity index (χ1n) is 10.7. The Morgan fingerprint density at radius 3 is 2.52 bits per heavy atom. The molecule has 0 fully saturated rings. The molecule has 1 unspecified atom stereocenters. The van der Waals surface area contributed by atoms with Gasteiger partial charge >= 0.3 is 0 Å². The molecule has 0 spiro atoms. The van der Waals surface area contributed by atoms with E-state index >= 15 is 0 Å². The largest absolute Gasteiger partial charge is 0.497 e. The second-order valence-corrected chi connectivity index (χ2v) is 8.87. The zero-order valence-electron chi connectivity index (χ0n) is 19.2. The van der Waals surface area contributed by atoms with Crippen molar-refractivity contribution in [1.29, 1.82) is 0 Å². The molecule has 0 saturated heterocycles. The van der Waals surface area contributed by atoms with Crippen molar-refractivity contribution in [2.24, 2.45) is 0 Å². The number of methoxy groups -OCH3 is 1. The lowest BCUT2D eigenvalue weighted by Crippen LogP contribution is -2.50. The van der Waals surface area contributed by atoms with Crippen LogP contribution in [0.4, 0.5) is 0 Å². The summed E-state index contributed by atoms with van der Waals surface area (Å²) in [6.07, 6.45) is 0.552. The number of nitrogens with zero attached hydrogens (tertiary/aromatic N) is 1. The summed E-state index contributed by atoms with van der Waals surface area (Å²) in [5.41, 5.74) is 3.38. The highest BCUT2D eigenvalue weighted by Crippen LogP contribution is 2.20. The van der Waals surface area contributed by atoms with E-state index in [1.54, 1.807) is 23.8 Å². The number of ether oxygens (including phenoxy) is 1. The monoisotopic (exact) mass is 442 g/mol. The number of carbonyl (C=O) groups is 2. The van der Waals surface area contributed by atoms with Crippen LogP contribution >= 0.6 is 11.8 Å². The Morgan fingerprint density at radius 1 is 1.13 bits per heavy atom. The minimum Gasteiger partial charge on any atom is -0.497 e. The summed E-state index contributed by atoms with van der Waals surface area (Å²) in [6.45, 7) is 8.24. The number of benzene rings is 2. The number of aryl methyl sites for hydroxylation is 1. The second-order valence-electron chi connectivity index (χ2n) is 7.88. The molecule has 2 rings (SSSR count). The third-order valence-corrected chi connectivity index (χ3v) is 6.01. The van der Waals surface area contributed by atoms with E-state index in [4.69, 9.17) is 4.74 Å². The molecule has 5 nitrogen and oxygen atoms in total. The predicted molar refractivity (Wildman–Crippen MR) is 128 cm³/mol. The van der Waals surface area contributed by atoms with E-state index in [2.05, 4.69) is 24.4 Å². The molecule has 0 bridgehead atoms. The van der Waals surface area contributed by atoms with Crippen molar-refractivity contribution in [3.63, 3.8) is 0 Å². The Bertz CT molecular complexity index is 869. The predicted octanol–water partition coefficient (Wildman–Crippen LogP) is 4.57. The molecule has 6 heteroatoms. The molecule has 168 valence electrons. The van der Waals surface area contributed by atoms with Crippen molar-refractivity contribution in [1.82, 2.24) is 10.2 Å². The van der Waals surface area contributed by atoms with E-state index in [9.17, 15) is 9.59 Å². The highest BCUT2D eigenvalue weighted by Gasteiger charge is 2.28. The number of amides is 2. The van der Waals surface area contributed by atoms with Crippen LogP contribution in [0, 0.1) is 6.92 Å². The van der Waals surface area contributed by atoms with Gasteiger partial charge < -0.3 is 15.0 Å². The molecule has 1 atom stereocenters. The van der Waals surface area contributed by atoms with Gasteiger partial charge in [-0.2, -0.15) is 0 Å². The maximum atomic E-state index is 13.3. The van der Waals surface area contributed by atoms with Gasteiger partial charge in [0, 0.05) is 18.3 Å². The fraction of sp³-hybridized carbons (Fsp3) is 0.440. The molecule has 31 heavy (non-hydrogen) atoms. The Kier molecular flexibility index (Phi) is 9.92. The SMILES string of the molecule is CCC(C(=O)NC(C)C)N(Cc1cccc(OC)c1)C(=O)CSCc1ccccc1C. The molecular formula is C25H34N2O3S.